The van der Waals surface area contributed by atoms with Gasteiger partial charge in [0.25, 0.3) is 10.1 Å². The number of aliphatic hydroxyl groups excluding tert-OH is 1. The first-order chi connectivity index (χ1) is 6.35. The van der Waals surface area contributed by atoms with Gasteiger partial charge in [-0.2, -0.15) is 13.3 Å². The summed E-state index contributed by atoms with van der Waals surface area (Å²) in [4.78, 5) is 18.5. The summed E-state index contributed by atoms with van der Waals surface area (Å²) in [5.74, 6) is -1.76. The van der Waals surface area contributed by atoms with Gasteiger partial charge in [-0.3, -0.25) is 9.44 Å². The topological polar surface area (TPSA) is 110 Å². The Kier molecular flexibility index (Phi) is 5.31. The van der Waals surface area contributed by atoms with E-state index in [1.807, 2.05) is 0 Å². The number of carbonyl (C=O) groups is 1. The van der Waals surface area contributed by atoms with Crippen LogP contribution in [0.3, 0.4) is 0 Å². The van der Waals surface area contributed by atoms with Crippen molar-refractivity contribution in [3.05, 3.63) is 12.7 Å². The molecule has 0 amide bonds. The van der Waals surface area contributed by atoms with Crippen LogP contribution < -0.4 is 0 Å². The molecule has 82 valence electrons. The van der Waals surface area contributed by atoms with Crippen molar-refractivity contribution in [3.8, 4) is 0 Å². The van der Waals surface area contributed by atoms with Crippen LogP contribution in [0.2, 0.25) is 0 Å². The maximum absolute atomic E-state index is 10.4. The van der Waals surface area contributed by atoms with Crippen LogP contribution in [-0.2, 0) is 24.7 Å². The number of hydrogen-bond donors (Lipinski definition) is 2. The Balaban J connectivity index is 3.70. The van der Waals surface area contributed by atoms with E-state index in [1.165, 1.54) is 0 Å². The molecule has 0 heterocycles. The molecule has 0 bridgehead atoms. The largest absolute Gasteiger partial charge is 0.389 e. The third kappa shape index (κ3) is 7.68. The first-order valence-electron chi connectivity index (χ1n) is 3.44. The molecule has 0 saturated carbocycles. The summed E-state index contributed by atoms with van der Waals surface area (Å²) in [6.45, 7) is 2.51. The Labute approximate surface area is 80.6 Å². The summed E-state index contributed by atoms with van der Waals surface area (Å²) in [5, 5.41) is 8.89. The SMILES string of the molecule is C=CC(=O)OOCC(O)CS(=O)(=O)O. The van der Waals surface area contributed by atoms with Crippen LogP contribution in [0.4, 0.5) is 0 Å². The lowest BCUT2D eigenvalue weighted by molar-refractivity contribution is -0.275. The Morgan fingerprint density at radius 3 is 2.57 bits per heavy atom. The van der Waals surface area contributed by atoms with E-state index in [0.717, 1.165) is 6.08 Å². The minimum Gasteiger partial charge on any atom is -0.389 e. The summed E-state index contributed by atoms with van der Waals surface area (Å²) in [6.07, 6.45) is -0.641. The van der Waals surface area contributed by atoms with E-state index >= 15 is 0 Å². The molecule has 1 atom stereocenters. The molecule has 1 unspecified atom stereocenters. The molecule has 0 fully saturated rings. The van der Waals surface area contributed by atoms with Gasteiger partial charge in [0.2, 0.25) is 0 Å². The Bertz CT molecular complexity index is 293. The molecule has 0 aliphatic carbocycles. The average molecular weight is 226 g/mol. The number of carbonyl (C=O) groups excluding carboxylic acids is 1. The fourth-order valence-electron chi connectivity index (χ4n) is 0.496. The number of rotatable bonds is 6. The fourth-order valence-corrected chi connectivity index (χ4v) is 1.08. The molecule has 0 rings (SSSR count). The molecule has 2 N–H and O–H groups in total. The zero-order valence-corrected chi connectivity index (χ0v) is 7.94. The second kappa shape index (κ2) is 5.70. The Morgan fingerprint density at radius 1 is 1.57 bits per heavy atom. The van der Waals surface area contributed by atoms with Crippen LogP contribution in [0, 0.1) is 0 Å². The van der Waals surface area contributed by atoms with Gasteiger partial charge in [0.05, 0.1) is 6.10 Å². The van der Waals surface area contributed by atoms with Crippen molar-refractivity contribution >= 4 is 16.1 Å². The van der Waals surface area contributed by atoms with Crippen molar-refractivity contribution in [3.63, 3.8) is 0 Å². The smallest absolute Gasteiger partial charge is 0.365 e. The van der Waals surface area contributed by atoms with E-state index in [1.54, 1.807) is 0 Å². The first-order valence-corrected chi connectivity index (χ1v) is 5.05. The molecule has 0 aliphatic heterocycles. The molecule has 0 saturated heterocycles. The lowest BCUT2D eigenvalue weighted by Crippen LogP contribution is -2.25. The lowest BCUT2D eigenvalue weighted by atomic mass is 10.4. The van der Waals surface area contributed by atoms with Gasteiger partial charge in [-0.15, -0.1) is 0 Å². The highest BCUT2D eigenvalue weighted by Gasteiger charge is 2.15. The van der Waals surface area contributed by atoms with E-state index < -0.39 is 34.6 Å². The maximum Gasteiger partial charge on any atom is 0.365 e. The van der Waals surface area contributed by atoms with Crippen molar-refractivity contribution in [2.45, 2.75) is 6.10 Å². The van der Waals surface area contributed by atoms with Gasteiger partial charge in [0, 0.05) is 6.08 Å². The highest BCUT2D eigenvalue weighted by Crippen LogP contribution is 1.93. The van der Waals surface area contributed by atoms with E-state index in [9.17, 15) is 13.2 Å². The van der Waals surface area contributed by atoms with Gasteiger partial charge in [0.1, 0.15) is 12.4 Å². The monoisotopic (exact) mass is 226 g/mol. The molecule has 0 spiro atoms. The van der Waals surface area contributed by atoms with Gasteiger partial charge < -0.3 is 5.11 Å². The van der Waals surface area contributed by atoms with Crippen LogP contribution in [0.1, 0.15) is 0 Å². The lowest BCUT2D eigenvalue weighted by Gasteiger charge is -2.06. The van der Waals surface area contributed by atoms with Crippen molar-refractivity contribution in [2.24, 2.45) is 0 Å². The summed E-state index contributed by atoms with van der Waals surface area (Å²) in [7, 11) is -4.27. The third-order valence-corrected chi connectivity index (χ3v) is 1.78. The summed E-state index contributed by atoms with van der Waals surface area (Å²) < 4.78 is 28.7. The molecule has 0 aromatic rings. The van der Waals surface area contributed by atoms with Crippen LogP contribution in [-0.4, -0.2) is 42.5 Å². The predicted octanol–water partition coefficient (Wildman–Crippen LogP) is -1.10. The fraction of sp³-hybridized carbons (Fsp3) is 0.500. The Morgan fingerprint density at radius 2 is 2.14 bits per heavy atom. The molecule has 0 aromatic heterocycles. The standard InChI is InChI=1S/C6H10O7S/c1-2-6(8)13-12-3-5(7)4-14(9,10)11/h2,5,7H,1,3-4H2,(H,9,10,11). The van der Waals surface area contributed by atoms with Crippen LogP contribution >= 0.6 is 0 Å². The first kappa shape index (κ1) is 13.0. The normalized spacial score (nSPS) is 13.3. The summed E-state index contributed by atoms with van der Waals surface area (Å²) >= 11 is 0. The zero-order chi connectivity index (χ0) is 11.2. The predicted molar refractivity (Wildman–Crippen MR) is 44.7 cm³/mol. The minimum absolute atomic E-state index is 0.556. The van der Waals surface area contributed by atoms with E-state index in [2.05, 4.69) is 16.4 Å². The zero-order valence-electron chi connectivity index (χ0n) is 7.12. The summed E-state index contributed by atoms with van der Waals surface area (Å²) in [6, 6.07) is 0. The van der Waals surface area contributed by atoms with Crippen LogP contribution in [0.25, 0.3) is 0 Å². The molecule has 0 aliphatic rings. The molecule has 7 nitrogen and oxygen atoms in total. The number of aliphatic hydroxyl groups is 1. The molecule has 8 heteroatoms. The van der Waals surface area contributed by atoms with Crippen molar-refractivity contribution < 1.29 is 32.6 Å². The molecule has 0 radical (unpaired) electrons. The van der Waals surface area contributed by atoms with E-state index in [0.29, 0.717) is 0 Å². The highest BCUT2D eigenvalue weighted by atomic mass is 32.2. The van der Waals surface area contributed by atoms with Gasteiger partial charge in [-0.1, -0.05) is 6.58 Å². The van der Waals surface area contributed by atoms with Crippen LogP contribution in [0.5, 0.6) is 0 Å². The van der Waals surface area contributed by atoms with Gasteiger partial charge >= 0.3 is 5.97 Å². The quantitative estimate of drug-likeness (QED) is 0.256. The number of hydrogen-bond acceptors (Lipinski definition) is 6. The van der Waals surface area contributed by atoms with Crippen molar-refractivity contribution in [1.82, 2.24) is 0 Å². The van der Waals surface area contributed by atoms with E-state index in [4.69, 9.17) is 9.66 Å². The summed E-state index contributed by atoms with van der Waals surface area (Å²) in [5.41, 5.74) is 0. The average Bonchev–Trinajstić information content (AvgIpc) is 2.00. The van der Waals surface area contributed by atoms with Gasteiger partial charge in [0.15, 0.2) is 0 Å². The van der Waals surface area contributed by atoms with Crippen LogP contribution in [0.15, 0.2) is 12.7 Å². The van der Waals surface area contributed by atoms with Gasteiger partial charge in [-0.05, 0) is 0 Å². The second-order valence-corrected chi connectivity index (χ2v) is 3.79. The van der Waals surface area contributed by atoms with Crippen molar-refractivity contribution in [2.75, 3.05) is 12.4 Å². The van der Waals surface area contributed by atoms with E-state index in [-0.39, 0.29) is 0 Å². The molecule has 14 heavy (non-hydrogen) atoms. The maximum atomic E-state index is 10.4. The Hall–Kier alpha value is -0.960. The third-order valence-electron chi connectivity index (χ3n) is 0.971. The minimum atomic E-state index is -4.27. The van der Waals surface area contributed by atoms with Crippen molar-refractivity contribution in [1.29, 1.82) is 0 Å². The van der Waals surface area contributed by atoms with Gasteiger partial charge in [-0.25, -0.2) is 4.79 Å². The molecular formula is C6H10O7S. The molecule has 0 aromatic carbocycles. The molecular weight excluding hydrogens is 216 g/mol. The highest BCUT2D eigenvalue weighted by molar-refractivity contribution is 7.85. The second-order valence-electron chi connectivity index (χ2n) is 2.29.